The minimum absolute atomic E-state index is 0.336. The molecule has 0 aliphatic heterocycles. The second-order valence-corrected chi connectivity index (χ2v) is 5.06. The van der Waals surface area contributed by atoms with E-state index in [1.807, 2.05) is 12.1 Å². The fourth-order valence-electron chi connectivity index (χ4n) is 1.98. The molecule has 1 aliphatic rings. The lowest BCUT2D eigenvalue weighted by Crippen LogP contribution is -2.24. The van der Waals surface area contributed by atoms with Crippen LogP contribution >= 0.6 is 11.6 Å². The van der Waals surface area contributed by atoms with Gasteiger partial charge in [0.25, 0.3) is 0 Å². The Bertz CT molecular complexity index is 405. The standard InChI is InChI=1S/C14H20ClNO2/c1-17-13-9-12(15)10(4-3-7-16)8-14(13)18-11-5-2-6-11/h8-9,11H,2-7,16H2,1H3. The zero-order chi connectivity index (χ0) is 13.0. The van der Waals surface area contributed by atoms with E-state index in [9.17, 15) is 0 Å². The van der Waals surface area contributed by atoms with Crippen LogP contribution in [0, 0.1) is 0 Å². The van der Waals surface area contributed by atoms with Crippen molar-refractivity contribution in [3.05, 3.63) is 22.7 Å². The molecule has 18 heavy (non-hydrogen) atoms. The molecule has 2 N–H and O–H groups in total. The van der Waals surface area contributed by atoms with Crippen LogP contribution in [0.3, 0.4) is 0 Å². The van der Waals surface area contributed by atoms with E-state index in [1.54, 1.807) is 7.11 Å². The van der Waals surface area contributed by atoms with Gasteiger partial charge in [0.15, 0.2) is 11.5 Å². The number of nitrogens with two attached hydrogens (primary N) is 1. The molecule has 0 atom stereocenters. The number of ether oxygens (including phenoxy) is 2. The van der Waals surface area contributed by atoms with Crippen molar-refractivity contribution in [2.45, 2.75) is 38.2 Å². The summed E-state index contributed by atoms with van der Waals surface area (Å²) in [5, 5.41) is 0.723. The van der Waals surface area contributed by atoms with Gasteiger partial charge in [0.1, 0.15) is 0 Å². The first-order valence-electron chi connectivity index (χ1n) is 6.47. The molecule has 0 heterocycles. The molecule has 1 aromatic carbocycles. The van der Waals surface area contributed by atoms with E-state index >= 15 is 0 Å². The average Bonchev–Trinajstić information content (AvgIpc) is 2.33. The normalized spacial score (nSPS) is 15.3. The Labute approximate surface area is 113 Å². The molecule has 2 rings (SSSR count). The third-order valence-electron chi connectivity index (χ3n) is 3.33. The van der Waals surface area contributed by atoms with Gasteiger partial charge in [-0.3, -0.25) is 0 Å². The van der Waals surface area contributed by atoms with Gasteiger partial charge in [-0.1, -0.05) is 11.6 Å². The second kappa shape index (κ2) is 6.30. The highest BCUT2D eigenvalue weighted by atomic mass is 35.5. The highest BCUT2D eigenvalue weighted by Gasteiger charge is 2.21. The molecule has 0 unspecified atom stereocenters. The highest BCUT2D eigenvalue weighted by molar-refractivity contribution is 6.31. The Kier molecular flexibility index (Phi) is 4.72. The van der Waals surface area contributed by atoms with Crippen LogP contribution in [0.4, 0.5) is 0 Å². The predicted molar refractivity (Wildman–Crippen MR) is 73.6 cm³/mol. The van der Waals surface area contributed by atoms with E-state index in [0.29, 0.717) is 18.4 Å². The molecule has 100 valence electrons. The van der Waals surface area contributed by atoms with E-state index in [4.69, 9.17) is 26.8 Å². The molecule has 0 radical (unpaired) electrons. The van der Waals surface area contributed by atoms with E-state index in [-0.39, 0.29) is 0 Å². The third kappa shape index (κ3) is 3.09. The number of hydrogen-bond donors (Lipinski definition) is 1. The van der Waals surface area contributed by atoms with Crippen LogP contribution in [-0.4, -0.2) is 19.8 Å². The quantitative estimate of drug-likeness (QED) is 0.863. The molecular weight excluding hydrogens is 250 g/mol. The summed E-state index contributed by atoms with van der Waals surface area (Å²) in [6, 6.07) is 3.83. The van der Waals surface area contributed by atoms with Crippen molar-refractivity contribution in [2.75, 3.05) is 13.7 Å². The van der Waals surface area contributed by atoms with Crippen LogP contribution in [0.25, 0.3) is 0 Å². The third-order valence-corrected chi connectivity index (χ3v) is 3.68. The number of rotatable bonds is 6. The van der Waals surface area contributed by atoms with E-state index in [0.717, 1.165) is 42.0 Å². The summed E-state index contributed by atoms with van der Waals surface area (Å²) in [5.41, 5.74) is 6.61. The summed E-state index contributed by atoms with van der Waals surface area (Å²) < 4.78 is 11.3. The summed E-state index contributed by atoms with van der Waals surface area (Å²) in [4.78, 5) is 0. The molecule has 1 aliphatic carbocycles. The maximum Gasteiger partial charge on any atom is 0.162 e. The van der Waals surface area contributed by atoms with Gasteiger partial charge in [-0.05, 0) is 50.3 Å². The maximum atomic E-state index is 6.22. The van der Waals surface area contributed by atoms with Gasteiger partial charge in [0.05, 0.1) is 13.2 Å². The summed E-state index contributed by atoms with van der Waals surface area (Å²) in [7, 11) is 1.64. The SMILES string of the molecule is COc1cc(Cl)c(CCCN)cc1OC1CCC1. The van der Waals surface area contributed by atoms with Gasteiger partial charge in [-0.25, -0.2) is 0 Å². The zero-order valence-electron chi connectivity index (χ0n) is 10.7. The van der Waals surface area contributed by atoms with Crippen molar-refractivity contribution in [2.24, 2.45) is 5.73 Å². The fourth-order valence-corrected chi connectivity index (χ4v) is 2.23. The topological polar surface area (TPSA) is 44.5 Å². The van der Waals surface area contributed by atoms with Crippen molar-refractivity contribution in [1.29, 1.82) is 0 Å². The Morgan fingerprint density at radius 2 is 2.11 bits per heavy atom. The molecule has 0 amide bonds. The molecule has 4 heteroatoms. The molecule has 0 bridgehead atoms. The molecule has 0 spiro atoms. The number of hydrogen-bond acceptors (Lipinski definition) is 3. The van der Waals surface area contributed by atoms with E-state index < -0.39 is 0 Å². The fraction of sp³-hybridized carbons (Fsp3) is 0.571. The first-order valence-corrected chi connectivity index (χ1v) is 6.85. The molecule has 1 aromatic rings. The predicted octanol–water partition coefficient (Wildman–Crippen LogP) is 3.17. The van der Waals surface area contributed by atoms with Crippen molar-refractivity contribution in [3.8, 4) is 11.5 Å². The molecule has 0 aromatic heterocycles. The van der Waals surface area contributed by atoms with Gasteiger partial charge in [-0.15, -0.1) is 0 Å². The number of benzene rings is 1. The smallest absolute Gasteiger partial charge is 0.162 e. The molecule has 1 saturated carbocycles. The first kappa shape index (κ1) is 13.5. The van der Waals surface area contributed by atoms with Crippen molar-refractivity contribution >= 4 is 11.6 Å². The summed E-state index contributed by atoms with van der Waals surface area (Å²) in [5.74, 6) is 1.52. The van der Waals surface area contributed by atoms with Crippen LogP contribution < -0.4 is 15.2 Å². The highest BCUT2D eigenvalue weighted by Crippen LogP contribution is 2.36. The van der Waals surface area contributed by atoms with Gasteiger partial charge in [-0.2, -0.15) is 0 Å². The maximum absolute atomic E-state index is 6.22. The number of halogens is 1. The largest absolute Gasteiger partial charge is 0.493 e. The first-order chi connectivity index (χ1) is 8.74. The van der Waals surface area contributed by atoms with Crippen LogP contribution in [0.1, 0.15) is 31.2 Å². The van der Waals surface area contributed by atoms with Crippen molar-refractivity contribution in [1.82, 2.24) is 0 Å². The Hall–Kier alpha value is -0.930. The van der Waals surface area contributed by atoms with Gasteiger partial charge in [0, 0.05) is 11.1 Å². The van der Waals surface area contributed by atoms with Crippen LogP contribution in [0.5, 0.6) is 11.5 Å². The van der Waals surface area contributed by atoms with E-state index in [1.165, 1.54) is 6.42 Å². The lowest BCUT2D eigenvalue weighted by atomic mass is 9.96. The lowest BCUT2D eigenvalue weighted by molar-refractivity contribution is 0.116. The van der Waals surface area contributed by atoms with Crippen molar-refractivity contribution in [3.63, 3.8) is 0 Å². The Morgan fingerprint density at radius 1 is 1.33 bits per heavy atom. The minimum atomic E-state index is 0.336. The van der Waals surface area contributed by atoms with Crippen LogP contribution in [0.15, 0.2) is 12.1 Å². The molecule has 1 fully saturated rings. The Morgan fingerprint density at radius 3 is 2.67 bits per heavy atom. The van der Waals surface area contributed by atoms with Crippen LogP contribution in [0.2, 0.25) is 5.02 Å². The van der Waals surface area contributed by atoms with Gasteiger partial charge < -0.3 is 15.2 Å². The number of aryl methyl sites for hydroxylation is 1. The summed E-state index contributed by atoms with van der Waals surface area (Å²) in [6.45, 7) is 0.668. The monoisotopic (exact) mass is 269 g/mol. The van der Waals surface area contributed by atoms with Crippen molar-refractivity contribution < 1.29 is 9.47 Å². The van der Waals surface area contributed by atoms with Gasteiger partial charge >= 0.3 is 0 Å². The molecule has 3 nitrogen and oxygen atoms in total. The van der Waals surface area contributed by atoms with Crippen LogP contribution in [-0.2, 0) is 6.42 Å². The Balaban J connectivity index is 2.17. The number of methoxy groups -OCH3 is 1. The second-order valence-electron chi connectivity index (χ2n) is 4.66. The molecular formula is C14H20ClNO2. The zero-order valence-corrected chi connectivity index (χ0v) is 11.5. The van der Waals surface area contributed by atoms with Gasteiger partial charge in [0.2, 0.25) is 0 Å². The summed E-state index contributed by atoms with van der Waals surface area (Å²) in [6.07, 6.45) is 5.64. The molecule has 0 saturated heterocycles. The van der Waals surface area contributed by atoms with E-state index in [2.05, 4.69) is 0 Å². The summed E-state index contributed by atoms with van der Waals surface area (Å²) >= 11 is 6.22. The lowest BCUT2D eigenvalue weighted by Gasteiger charge is -2.27. The average molecular weight is 270 g/mol. The minimum Gasteiger partial charge on any atom is -0.493 e.